The van der Waals surface area contributed by atoms with Crippen molar-refractivity contribution in [3.63, 3.8) is 0 Å². The van der Waals surface area contributed by atoms with Gasteiger partial charge in [-0.05, 0) is 11.4 Å². The fraction of sp³-hybridized carbons (Fsp3) is 0.125. The summed E-state index contributed by atoms with van der Waals surface area (Å²) in [5.74, 6) is 0.143. The second-order valence-corrected chi connectivity index (χ2v) is 5.44. The van der Waals surface area contributed by atoms with E-state index in [1.54, 1.807) is 11.3 Å². The predicted octanol–water partition coefficient (Wildman–Crippen LogP) is 3.38. The number of carbonyl (C=O) groups excluding carboxylic acids is 1. The van der Waals surface area contributed by atoms with Crippen LogP contribution in [-0.4, -0.2) is 5.78 Å². The Kier molecular flexibility index (Phi) is 3.13. The van der Waals surface area contributed by atoms with E-state index in [9.17, 15) is 4.79 Å². The van der Waals surface area contributed by atoms with Gasteiger partial charge in [0.05, 0.1) is 0 Å². The van der Waals surface area contributed by atoms with Crippen molar-refractivity contribution < 1.29 is 9.36 Å². The van der Waals surface area contributed by atoms with Crippen molar-refractivity contribution in [2.24, 2.45) is 0 Å². The van der Waals surface area contributed by atoms with Gasteiger partial charge in [-0.2, -0.15) is 4.57 Å². The van der Waals surface area contributed by atoms with Gasteiger partial charge in [0.15, 0.2) is 11.9 Å². The quantitative estimate of drug-likeness (QED) is 0.527. The molecule has 0 unspecified atom stereocenters. The van der Waals surface area contributed by atoms with Crippen LogP contribution in [0.4, 0.5) is 0 Å². The predicted molar refractivity (Wildman–Crippen MR) is 77.5 cm³/mol. The van der Waals surface area contributed by atoms with Crippen molar-refractivity contribution in [1.29, 1.82) is 0 Å². The Morgan fingerprint density at radius 3 is 2.74 bits per heavy atom. The van der Waals surface area contributed by atoms with E-state index < -0.39 is 0 Å². The molecule has 2 heterocycles. The number of hydrogen-bond donors (Lipinski definition) is 0. The number of aryl methyl sites for hydroxylation is 1. The van der Waals surface area contributed by atoms with Crippen LogP contribution in [0.1, 0.15) is 16.1 Å². The fourth-order valence-corrected chi connectivity index (χ4v) is 3.11. The molecule has 1 aromatic carbocycles. The molecule has 94 valence electrons. The Balaban J connectivity index is 1.93. The maximum absolute atomic E-state index is 12.2. The highest BCUT2D eigenvalue weighted by Crippen LogP contribution is 2.21. The Labute approximate surface area is 115 Å². The lowest BCUT2D eigenvalue weighted by Crippen LogP contribution is -2.40. The van der Waals surface area contributed by atoms with E-state index in [1.165, 1.54) is 10.1 Å². The van der Waals surface area contributed by atoms with Crippen LogP contribution in [0.3, 0.4) is 0 Å². The van der Waals surface area contributed by atoms with Crippen LogP contribution in [-0.2, 0) is 6.54 Å². The second-order valence-electron chi connectivity index (χ2n) is 4.52. The van der Waals surface area contributed by atoms with Crippen molar-refractivity contribution >= 4 is 27.2 Å². The van der Waals surface area contributed by atoms with E-state index >= 15 is 0 Å². The molecule has 0 fully saturated rings. The highest BCUT2D eigenvalue weighted by atomic mass is 32.1. The SMILES string of the molecule is Cc1c2sccc2cc[n+]1CC(=O)c1ccccc1. The van der Waals surface area contributed by atoms with E-state index in [0.29, 0.717) is 6.54 Å². The van der Waals surface area contributed by atoms with Gasteiger partial charge in [0.1, 0.15) is 4.70 Å². The molecule has 2 nitrogen and oxygen atoms in total. The summed E-state index contributed by atoms with van der Waals surface area (Å²) in [6.45, 7) is 2.46. The normalized spacial score (nSPS) is 10.8. The van der Waals surface area contributed by atoms with Gasteiger partial charge in [-0.15, -0.1) is 11.3 Å². The fourth-order valence-electron chi connectivity index (χ4n) is 2.20. The van der Waals surface area contributed by atoms with Crippen molar-refractivity contribution in [1.82, 2.24) is 0 Å². The molecule has 0 amide bonds. The number of nitrogens with zero attached hydrogens (tertiary/aromatic N) is 1. The molecule has 0 saturated heterocycles. The summed E-state index contributed by atoms with van der Waals surface area (Å²) in [5.41, 5.74) is 1.91. The van der Waals surface area contributed by atoms with Crippen molar-refractivity contribution in [3.05, 3.63) is 65.3 Å². The number of rotatable bonds is 3. The number of pyridine rings is 1. The van der Waals surface area contributed by atoms with E-state index in [-0.39, 0.29) is 5.78 Å². The molecule has 3 aromatic rings. The molecular formula is C16H14NOS+. The number of benzene rings is 1. The minimum absolute atomic E-state index is 0.143. The number of ketones is 1. The first kappa shape index (κ1) is 12.1. The number of hydrogen-bond acceptors (Lipinski definition) is 2. The first-order valence-electron chi connectivity index (χ1n) is 6.20. The molecule has 0 bridgehead atoms. The standard InChI is InChI=1S/C16H14NOS/c1-12-16-14(8-10-19-16)7-9-17(12)11-15(18)13-5-3-2-4-6-13/h2-10H,11H2,1H3/q+1. The summed E-state index contributed by atoms with van der Waals surface area (Å²) < 4.78 is 3.28. The van der Waals surface area contributed by atoms with Gasteiger partial charge in [0, 0.05) is 23.9 Å². The van der Waals surface area contributed by atoms with Crippen LogP contribution in [0.25, 0.3) is 10.1 Å². The number of Topliss-reactive ketones (excluding diaryl/α,β-unsaturated/α-hetero) is 1. The third-order valence-electron chi connectivity index (χ3n) is 3.30. The summed E-state index contributed by atoms with van der Waals surface area (Å²) in [5, 5.41) is 3.33. The Bertz CT molecular complexity index is 731. The summed E-state index contributed by atoms with van der Waals surface area (Å²) in [7, 11) is 0. The van der Waals surface area contributed by atoms with Gasteiger partial charge >= 0.3 is 0 Å². The molecule has 0 atom stereocenters. The summed E-state index contributed by atoms with van der Waals surface area (Å²) in [6, 6.07) is 13.6. The summed E-state index contributed by atoms with van der Waals surface area (Å²) >= 11 is 1.72. The lowest BCUT2D eigenvalue weighted by Gasteiger charge is -2.01. The zero-order chi connectivity index (χ0) is 13.2. The van der Waals surface area contributed by atoms with Gasteiger partial charge in [-0.25, -0.2) is 0 Å². The Hall–Kier alpha value is -2.00. The largest absolute Gasteiger partial charge is 0.287 e. The Morgan fingerprint density at radius 2 is 1.95 bits per heavy atom. The van der Waals surface area contributed by atoms with Crippen molar-refractivity contribution in [2.75, 3.05) is 0 Å². The first-order chi connectivity index (χ1) is 9.25. The number of carbonyl (C=O) groups is 1. The van der Waals surface area contributed by atoms with Gasteiger partial charge in [-0.1, -0.05) is 30.3 Å². The molecule has 0 saturated carbocycles. The van der Waals surface area contributed by atoms with Crippen LogP contribution >= 0.6 is 11.3 Å². The maximum atomic E-state index is 12.2. The van der Waals surface area contributed by atoms with Crippen LogP contribution in [0.15, 0.2) is 54.0 Å². The summed E-state index contributed by atoms with van der Waals surface area (Å²) in [6.07, 6.45) is 1.99. The third kappa shape index (κ3) is 2.29. The molecule has 0 radical (unpaired) electrons. The maximum Gasteiger partial charge on any atom is 0.227 e. The topological polar surface area (TPSA) is 20.9 Å². The van der Waals surface area contributed by atoms with E-state index in [4.69, 9.17) is 0 Å². The zero-order valence-electron chi connectivity index (χ0n) is 10.7. The van der Waals surface area contributed by atoms with Crippen molar-refractivity contribution in [2.45, 2.75) is 13.5 Å². The van der Waals surface area contributed by atoms with Crippen LogP contribution in [0, 0.1) is 6.92 Å². The molecule has 3 heteroatoms. The van der Waals surface area contributed by atoms with E-state index in [2.05, 4.69) is 24.4 Å². The molecule has 2 aromatic heterocycles. The zero-order valence-corrected chi connectivity index (χ0v) is 11.5. The Morgan fingerprint density at radius 1 is 1.16 bits per heavy atom. The molecule has 19 heavy (non-hydrogen) atoms. The minimum Gasteiger partial charge on any atom is -0.287 e. The van der Waals surface area contributed by atoms with Crippen LogP contribution in [0.2, 0.25) is 0 Å². The third-order valence-corrected chi connectivity index (χ3v) is 4.34. The second kappa shape index (κ2) is 4.94. The monoisotopic (exact) mass is 268 g/mol. The van der Waals surface area contributed by atoms with Crippen LogP contribution in [0.5, 0.6) is 0 Å². The average molecular weight is 268 g/mol. The molecule has 0 aliphatic heterocycles. The van der Waals surface area contributed by atoms with Crippen LogP contribution < -0.4 is 4.57 Å². The number of thiophene rings is 1. The van der Waals surface area contributed by atoms with Gasteiger partial charge in [0.2, 0.25) is 12.3 Å². The average Bonchev–Trinajstić information content (AvgIpc) is 2.92. The summed E-state index contributed by atoms with van der Waals surface area (Å²) in [4.78, 5) is 12.2. The molecule has 0 aliphatic carbocycles. The van der Waals surface area contributed by atoms with Crippen molar-refractivity contribution in [3.8, 4) is 0 Å². The van der Waals surface area contributed by atoms with Gasteiger partial charge in [0.25, 0.3) is 0 Å². The molecule has 0 spiro atoms. The van der Waals surface area contributed by atoms with E-state index in [0.717, 1.165) is 11.3 Å². The number of aromatic nitrogens is 1. The first-order valence-corrected chi connectivity index (χ1v) is 7.08. The smallest absolute Gasteiger partial charge is 0.227 e. The number of fused-ring (bicyclic) bond motifs is 1. The molecule has 0 N–H and O–H groups in total. The lowest BCUT2D eigenvalue weighted by atomic mass is 10.1. The van der Waals surface area contributed by atoms with Gasteiger partial charge < -0.3 is 0 Å². The highest BCUT2D eigenvalue weighted by molar-refractivity contribution is 7.17. The van der Waals surface area contributed by atoms with E-state index in [1.807, 2.05) is 41.1 Å². The lowest BCUT2D eigenvalue weighted by molar-refractivity contribution is -0.687. The highest BCUT2D eigenvalue weighted by Gasteiger charge is 2.16. The molecular weight excluding hydrogens is 254 g/mol. The minimum atomic E-state index is 0.143. The van der Waals surface area contributed by atoms with Gasteiger partial charge in [-0.3, -0.25) is 4.79 Å². The molecule has 3 rings (SSSR count). The molecule has 0 aliphatic rings.